The van der Waals surface area contributed by atoms with Gasteiger partial charge < -0.3 is 25.4 Å². The number of carbonyl (C=O) groups is 3. The van der Waals surface area contributed by atoms with E-state index in [0.717, 1.165) is 35.5 Å². The number of benzene rings is 5. The highest BCUT2D eigenvalue weighted by Gasteiger charge is 2.29. The number of carbonyl (C=O) groups excluding carboxylic acids is 3. The standard InChI is InChI=1S/C47H41N5O5S2/c1-56-40-23-12-20-34(42(40)57-2)26-39(50-44(53)33-18-10-5-11-19-33)45(54)49-35-21-13-22-36(27-35)58-43(32-16-8-4-9-17-32)46(55)51-47-38(28-48)37-24-25-52(30-41(37)59-47)29-31-14-6-3-7-15-31/h3-23,26-27,43H,24-25,29-30H2,1-2H3,(H,49,54)(H,50,53)(H,51,55)/b39-26+. The molecule has 1 atom stereocenters. The quantitative estimate of drug-likeness (QED) is 0.0733. The van der Waals surface area contributed by atoms with E-state index in [0.29, 0.717) is 50.3 Å². The molecule has 10 nitrogen and oxygen atoms in total. The fourth-order valence-corrected chi connectivity index (χ4v) is 9.15. The van der Waals surface area contributed by atoms with Crippen molar-refractivity contribution in [2.45, 2.75) is 29.7 Å². The average molecular weight is 820 g/mol. The van der Waals surface area contributed by atoms with Crippen LogP contribution in [0.15, 0.2) is 144 Å². The Hall–Kier alpha value is -6.65. The van der Waals surface area contributed by atoms with Crippen molar-refractivity contribution in [3.63, 3.8) is 0 Å². The van der Waals surface area contributed by atoms with Crippen LogP contribution in [-0.4, -0.2) is 43.4 Å². The molecule has 1 aromatic heterocycles. The topological polar surface area (TPSA) is 133 Å². The van der Waals surface area contributed by atoms with Crippen LogP contribution in [0.3, 0.4) is 0 Å². The summed E-state index contributed by atoms with van der Waals surface area (Å²) in [6.07, 6.45) is 2.26. The predicted molar refractivity (Wildman–Crippen MR) is 233 cm³/mol. The molecule has 59 heavy (non-hydrogen) atoms. The van der Waals surface area contributed by atoms with E-state index in [-0.39, 0.29) is 11.6 Å². The number of nitrogens with one attached hydrogen (secondary N) is 3. The second-order valence-electron chi connectivity index (χ2n) is 13.6. The van der Waals surface area contributed by atoms with E-state index in [4.69, 9.17) is 9.47 Å². The first kappa shape index (κ1) is 40.5. The molecule has 0 saturated carbocycles. The molecule has 1 unspecified atom stereocenters. The van der Waals surface area contributed by atoms with E-state index in [1.807, 2.05) is 54.6 Å². The van der Waals surface area contributed by atoms with Gasteiger partial charge in [-0.05, 0) is 65.6 Å². The Labute approximate surface area is 351 Å². The maximum absolute atomic E-state index is 14.3. The summed E-state index contributed by atoms with van der Waals surface area (Å²) in [7, 11) is 3.02. The van der Waals surface area contributed by atoms with Crippen LogP contribution in [0, 0.1) is 11.3 Å². The summed E-state index contributed by atoms with van der Waals surface area (Å²) in [5.74, 6) is -0.456. The molecule has 2 heterocycles. The van der Waals surface area contributed by atoms with Gasteiger partial charge in [0.25, 0.3) is 11.8 Å². The molecule has 0 radical (unpaired) electrons. The smallest absolute Gasteiger partial charge is 0.272 e. The SMILES string of the molecule is COc1cccc(/C=C(/NC(=O)c2ccccc2)C(=O)Nc2cccc(SC(C(=O)Nc3sc4c(c3C#N)CCN(Cc3ccccc3)C4)c3ccccc3)c2)c1OC. The van der Waals surface area contributed by atoms with E-state index in [1.54, 1.807) is 66.7 Å². The van der Waals surface area contributed by atoms with Crippen LogP contribution in [0.1, 0.15) is 48.3 Å². The van der Waals surface area contributed by atoms with Crippen molar-refractivity contribution in [1.29, 1.82) is 5.26 Å². The van der Waals surface area contributed by atoms with Crippen molar-refractivity contribution in [2.24, 2.45) is 0 Å². The molecular formula is C47H41N5O5S2. The highest BCUT2D eigenvalue weighted by Crippen LogP contribution is 2.41. The number of para-hydroxylation sites is 1. The molecule has 0 bridgehead atoms. The van der Waals surface area contributed by atoms with Gasteiger partial charge >= 0.3 is 0 Å². The monoisotopic (exact) mass is 819 g/mol. The molecule has 0 aliphatic carbocycles. The zero-order valence-corrected chi connectivity index (χ0v) is 34.1. The normalized spacial score (nSPS) is 13.0. The third-order valence-corrected chi connectivity index (χ3v) is 12.1. The minimum atomic E-state index is -0.691. The van der Waals surface area contributed by atoms with Gasteiger partial charge in [-0.25, -0.2) is 0 Å². The number of nitrogens with zero attached hydrogens (tertiary/aromatic N) is 2. The van der Waals surface area contributed by atoms with Crippen LogP contribution in [0.4, 0.5) is 10.7 Å². The number of rotatable bonds is 14. The molecule has 0 fully saturated rings. The first-order valence-electron chi connectivity index (χ1n) is 18.9. The van der Waals surface area contributed by atoms with E-state index in [2.05, 4.69) is 39.1 Å². The van der Waals surface area contributed by atoms with Gasteiger partial charge in [0.1, 0.15) is 22.0 Å². The summed E-state index contributed by atoms with van der Waals surface area (Å²) in [5.41, 5.74) is 4.84. The van der Waals surface area contributed by atoms with Crippen LogP contribution in [0.5, 0.6) is 11.5 Å². The third-order valence-electron chi connectivity index (χ3n) is 9.68. The number of thioether (sulfide) groups is 1. The number of hydrogen-bond donors (Lipinski definition) is 3. The lowest BCUT2D eigenvalue weighted by Crippen LogP contribution is -2.30. The molecule has 3 amide bonds. The maximum Gasteiger partial charge on any atom is 0.272 e. The molecule has 6 aromatic rings. The molecule has 7 rings (SSSR count). The van der Waals surface area contributed by atoms with Crippen LogP contribution in [0.25, 0.3) is 6.08 Å². The van der Waals surface area contributed by atoms with E-state index >= 15 is 0 Å². The molecular weight excluding hydrogens is 779 g/mol. The number of thiophene rings is 1. The average Bonchev–Trinajstić information content (AvgIpc) is 3.61. The van der Waals surface area contributed by atoms with Crippen molar-refractivity contribution in [1.82, 2.24) is 10.2 Å². The molecule has 0 saturated heterocycles. The highest BCUT2D eigenvalue weighted by atomic mass is 32.2. The fraction of sp³-hybridized carbons (Fsp3) is 0.149. The molecule has 3 N–H and O–H groups in total. The number of nitriles is 1. The number of methoxy groups -OCH3 is 2. The molecule has 12 heteroatoms. The van der Waals surface area contributed by atoms with E-state index < -0.39 is 17.1 Å². The summed E-state index contributed by atoms with van der Waals surface area (Å²) in [4.78, 5) is 45.7. The summed E-state index contributed by atoms with van der Waals surface area (Å²) in [6.45, 7) is 2.33. The van der Waals surface area contributed by atoms with Gasteiger partial charge in [-0.2, -0.15) is 5.26 Å². The number of hydrogen-bond acceptors (Lipinski definition) is 9. The minimum Gasteiger partial charge on any atom is -0.493 e. The van der Waals surface area contributed by atoms with Gasteiger partial charge in [-0.15, -0.1) is 23.1 Å². The first-order chi connectivity index (χ1) is 28.8. The number of anilines is 2. The van der Waals surface area contributed by atoms with Gasteiger partial charge in [0.05, 0.1) is 19.8 Å². The second-order valence-corrected chi connectivity index (χ2v) is 15.9. The van der Waals surface area contributed by atoms with Crippen LogP contribution in [-0.2, 0) is 29.1 Å². The molecule has 296 valence electrons. The van der Waals surface area contributed by atoms with Crippen LogP contribution < -0.4 is 25.4 Å². The Morgan fingerprint density at radius 3 is 2.29 bits per heavy atom. The first-order valence-corrected chi connectivity index (χ1v) is 20.6. The predicted octanol–water partition coefficient (Wildman–Crippen LogP) is 9.08. The van der Waals surface area contributed by atoms with E-state index in [9.17, 15) is 19.6 Å². The van der Waals surface area contributed by atoms with Gasteiger partial charge in [0, 0.05) is 46.2 Å². The Kier molecular flexibility index (Phi) is 13.2. The molecule has 5 aromatic carbocycles. The van der Waals surface area contributed by atoms with Crippen molar-refractivity contribution in [3.8, 4) is 17.6 Å². The van der Waals surface area contributed by atoms with Gasteiger partial charge in [-0.3, -0.25) is 19.3 Å². The lowest BCUT2D eigenvalue weighted by Gasteiger charge is -2.26. The van der Waals surface area contributed by atoms with Gasteiger partial charge in [-0.1, -0.05) is 97.1 Å². The largest absolute Gasteiger partial charge is 0.493 e. The van der Waals surface area contributed by atoms with Crippen LogP contribution >= 0.6 is 23.1 Å². The zero-order chi connectivity index (χ0) is 41.1. The summed E-state index contributed by atoms with van der Waals surface area (Å²) in [6, 6.07) is 43.2. The lowest BCUT2D eigenvalue weighted by atomic mass is 10.0. The summed E-state index contributed by atoms with van der Waals surface area (Å²) < 4.78 is 11.0. The maximum atomic E-state index is 14.3. The van der Waals surface area contributed by atoms with Crippen molar-refractivity contribution in [2.75, 3.05) is 31.4 Å². The summed E-state index contributed by atoms with van der Waals surface area (Å²) in [5, 5.41) is 18.9. The second kappa shape index (κ2) is 19.2. The van der Waals surface area contributed by atoms with Crippen LogP contribution in [0.2, 0.25) is 0 Å². The Morgan fingerprint density at radius 1 is 0.864 bits per heavy atom. The fourth-order valence-electron chi connectivity index (χ4n) is 6.82. The molecule has 1 aliphatic rings. The number of fused-ring (bicyclic) bond motifs is 1. The Bertz CT molecular complexity index is 2520. The number of amides is 3. The minimum absolute atomic E-state index is 0.0277. The van der Waals surface area contributed by atoms with Gasteiger partial charge in [0.15, 0.2) is 11.5 Å². The molecule has 1 aliphatic heterocycles. The van der Waals surface area contributed by atoms with Crippen molar-refractivity contribution in [3.05, 3.63) is 177 Å². The van der Waals surface area contributed by atoms with E-state index in [1.165, 1.54) is 49.0 Å². The lowest BCUT2D eigenvalue weighted by molar-refractivity contribution is -0.116. The van der Waals surface area contributed by atoms with Gasteiger partial charge in [0.2, 0.25) is 5.91 Å². The van der Waals surface area contributed by atoms with Crippen molar-refractivity contribution < 1.29 is 23.9 Å². The zero-order valence-electron chi connectivity index (χ0n) is 32.4. The highest BCUT2D eigenvalue weighted by molar-refractivity contribution is 8.00. The van der Waals surface area contributed by atoms with Crippen molar-refractivity contribution >= 4 is 57.6 Å². The third kappa shape index (κ3) is 9.91. The number of ether oxygens (including phenoxy) is 2. The Morgan fingerprint density at radius 2 is 1.58 bits per heavy atom. The molecule has 0 spiro atoms. The Balaban J connectivity index is 1.12. The summed E-state index contributed by atoms with van der Waals surface area (Å²) >= 11 is 2.79.